The second kappa shape index (κ2) is 7.01. The molecule has 1 spiro atoms. The maximum absolute atomic E-state index is 12.9. The van der Waals surface area contributed by atoms with Crippen LogP contribution in [0.2, 0.25) is 0 Å². The summed E-state index contributed by atoms with van der Waals surface area (Å²) in [6.45, 7) is 10.7. The van der Waals surface area contributed by atoms with Crippen molar-refractivity contribution >= 4 is 33.0 Å². The zero-order valence-corrected chi connectivity index (χ0v) is 18.5. The van der Waals surface area contributed by atoms with Crippen molar-refractivity contribution in [3.63, 3.8) is 0 Å². The van der Waals surface area contributed by atoms with Crippen molar-refractivity contribution in [3.8, 4) is 0 Å². The van der Waals surface area contributed by atoms with Gasteiger partial charge in [-0.3, -0.25) is 0 Å². The molecular weight excluding hydrogens is 394 g/mol. The number of benzene rings is 1. The first-order chi connectivity index (χ1) is 11.7. The average Bonchev–Trinajstić information content (AvgIpc) is 2.82. The third-order valence-electron chi connectivity index (χ3n) is 6.12. The molecule has 1 fully saturated rings. The van der Waals surface area contributed by atoms with E-state index in [-0.39, 0.29) is 10.2 Å². The van der Waals surface area contributed by atoms with Crippen LogP contribution < -0.4 is 0 Å². The van der Waals surface area contributed by atoms with Crippen LogP contribution in [0, 0.1) is 17.3 Å². The summed E-state index contributed by atoms with van der Waals surface area (Å²) in [6.07, 6.45) is 5.86. The molecule has 2 nitrogen and oxygen atoms in total. The Hall–Kier alpha value is -0.320. The Bertz CT molecular complexity index is 681. The molecule has 3 rings (SSSR count). The number of rotatable bonds is 2. The second-order valence-electron chi connectivity index (χ2n) is 8.95. The summed E-state index contributed by atoms with van der Waals surface area (Å²) in [5.41, 5.74) is 3.79. The molecule has 0 bridgehead atoms. The molecule has 0 amide bonds. The number of hydrogen-bond acceptors (Lipinski definition) is 2. The summed E-state index contributed by atoms with van der Waals surface area (Å²) < 4.78 is 18.5. The van der Waals surface area contributed by atoms with Gasteiger partial charge in [-0.2, -0.15) is 0 Å². The first-order valence-electron chi connectivity index (χ1n) is 9.46. The number of hydrogen-bond donors (Lipinski definition) is 0. The highest BCUT2D eigenvalue weighted by Gasteiger charge is 2.49. The molecule has 4 atom stereocenters. The van der Waals surface area contributed by atoms with Crippen LogP contribution in [0.3, 0.4) is 0 Å². The van der Waals surface area contributed by atoms with Crippen LogP contribution >= 0.6 is 15.9 Å². The maximum Gasteiger partial charge on any atom is 0.144 e. The largest absolute Gasteiger partial charge is 0.591 e. The van der Waals surface area contributed by atoms with Gasteiger partial charge in [-0.05, 0) is 76.0 Å². The van der Waals surface area contributed by atoms with Crippen LogP contribution in [-0.2, 0) is 17.8 Å². The van der Waals surface area contributed by atoms with Gasteiger partial charge < -0.3 is 4.55 Å². The molecule has 0 saturated heterocycles. The Morgan fingerprint density at radius 3 is 2.72 bits per heavy atom. The third kappa shape index (κ3) is 3.72. The summed E-state index contributed by atoms with van der Waals surface area (Å²) in [6, 6.07) is 6.53. The van der Waals surface area contributed by atoms with Gasteiger partial charge >= 0.3 is 0 Å². The first kappa shape index (κ1) is 19.4. The second-order valence-corrected chi connectivity index (χ2v) is 11.8. The number of halogens is 1. The Morgan fingerprint density at radius 1 is 1.36 bits per heavy atom. The maximum atomic E-state index is 12.9. The quantitative estimate of drug-likeness (QED) is 0.529. The van der Waals surface area contributed by atoms with Crippen molar-refractivity contribution in [1.82, 2.24) is 0 Å². The van der Waals surface area contributed by atoms with Gasteiger partial charge in [-0.1, -0.05) is 46.7 Å². The highest BCUT2D eigenvalue weighted by atomic mass is 79.9. The Morgan fingerprint density at radius 2 is 2.08 bits per heavy atom. The highest BCUT2D eigenvalue weighted by molar-refractivity contribution is 9.10. The van der Waals surface area contributed by atoms with E-state index < -0.39 is 11.4 Å². The molecule has 0 heterocycles. The minimum atomic E-state index is -1.22. The molecule has 0 radical (unpaired) electrons. The molecule has 25 heavy (non-hydrogen) atoms. The minimum Gasteiger partial charge on any atom is -0.591 e. The van der Waals surface area contributed by atoms with Gasteiger partial charge in [0, 0.05) is 15.5 Å². The molecule has 1 aromatic rings. The zero-order chi connectivity index (χ0) is 18.4. The molecule has 1 saturated carbocycles. The summed E-state index contributed by atoms with van der Waals surface area (Å²) in [5, 5.41) is 0. The molecular formula is C21H30BrNOS. The van der Waals surface area contributed by atoms with Gasteiger partial charge in [0.25, 0.3) is 0 Å². The van der Waals surface area contributed by atoms with Crippen molar-refractivity contribution in [2.45, 2.75) is 71.5 Å². The normalized spacial score (nSPS) is 32.2. The Kier molecular flexibility index (Phi) is 5.45. The van der Waals surface area contributed by atoms with Crippen LogP contribution in [0.15, 0.2) is 27.1 Å². The van der Waals surface area contributed by atoms with Crippen LogP contribution in [0.5, 0.6) is 0 Å². The van der Waals surface area contributed by atoms with Crippen LogP contribution in [0.25, 0.3) is 0 Å². The van der Waals surface area contributed by atoms with Crippen molar-refractivity contribution < 1.29 is 4.55 Å². The smallest absolute Gasteiger partial charge is 0.144 e. The van der Waals surface area contributed by atoms with Gasteiger partial charge in [-0.25, -0.2) is 0 Å². The molecule has 1 aromatic carbocycles. The van der Waals surface area contributed by atoms with E-state index in [4.69, 9.17) is 4.40 Å². The lowest BCUT2D eigenvalue weighted by Crippen LogP contribution is -2.39. The lowest BCUT2D eigenvalue weighted by Gasteiger charge is -2.41. The van der Waals surface area contributed by atoms with E-state index in [1.165, 1.54) is 30.4 Å². The SMILES string of the molecule is CC[C@H]1C[C@@]2(CC[C@@H]1C)Cc1ccc(Br)cc1C2=N[S+]([O-])C(C)(C)C. The van der Waals surface area contributed by atoms with E-state index in [1.54, 1.807) is 0 Å². The highest BCUT2D eigenvalue weighted by Crippen LogP contribution is 2.52. The van der Waals surface area contributed by atoms with Crippen molar-refractivity contribution in [2.24, 2.45) is 21.6 Å². The summed E-state index contributed by atoms with van der Waals surface area (Å²) in [4.78, 5) is 0. The minimum absolute atomic E-state index is 0.0806. The Balaban J connectivity index is 2.08. The van der Waals surface area contributed by atoms with Gasteiger partial charge in [0.15, 0.2) is 0 Å². The third-order valence-corrected chi connectivity index (χ3v) is 8.01. The van der Waals surface area contributed by atoms with Crippen molar-refractivity contribution in [1.29, 1.82) is 0 Å². The average molecular weight is 424 g/mol. The van der Waals surface area contributed by atoms with Crippen LogP contribution in [0.4, 0.5) is 0 Å². The van der Waals surface area contributed by atoms with Crippen LogP contribution in [-0.4, -0.2) is 15.0 Å². The van der Waals surface area contributed by atoms with Crippen molar-refractivity contribution in [3.05, 3.63) is 33.8 Å². The zero-order valence-electron chi connectivity index (χ0n) is 16.1. The molecule has 0 aliphatic heterocycles. The molecule has 138 valence electrons. The van der Waals surface area contributed by atoms with Gasteiger partial charge in [-0.15, -0.1) is 0 Å². The van der Waals surface area contributed by atoms with E-state index in [0.29, 0.717) is 0 Å². The fourth-order valence-electron chi connectivity index (χ4n) is 4.49. The fourth-order valence-corrected chi connectivity index (χ4v) is 5.58. The summed E-state index contributed by atoms with van der Waals surface area (Å²) >= 11 is 2.40. The van der Waals surface area contributed by atoms with E-state index in [0.717, 1.165) is 34.9 Å². The van der Waals surface area contributed by atoms with Crippen LogP contribution in [0.1, 0.15) is 71.4 Å². The standard InChI is InChI=1S/C21H30BrNOS/c1-6-15-12-21(10-9-14(15)2)13-16-7-8-17(22)11-18(16)19(21)23-25(24)20(3,4)5/h7-8,11,14-15H,6,9-10,12-13H2,1-5H3/t14-,15-,21-,25?/m0/s1. The van der Waals surface area contributed by atoms with Crippen molar-refractivity contribution in [2.75, 3.05) is 0 Å². The molecule has 4 heteroatoms. The fraction of sp³-hybridized carbons (Fsp3) is 0.667. The Labute approximate surface area is 164 Å². The van der Waals surface area contributed by atoms with E-state index in [2.05, 4.69) is 48.0 Å². The number of nitrogens with zero attached hydrogens (tertiary/aromatic N) is 1. The van der Waals surface area contributed by atoms with E-state index in [1.807, 2.05) is 20.8 Å². The lowest BCUT2D eigenvalue weighted by atomic mass is 9.63. The van der Waals surface area contributed by atoms with E-state index in [9.17, 15) is 4.55 Å². The monoisotopic (exact) mass is 423 g/mol. The molecule has 2 aliphatic rings. The molecule has 2 aliphatic carbocycles. The summed E-state index contributed by atoms with van der Waals surface area (Å²) in [7, 11) is 0. The number of fused-ring (bicyclic) bond motifs is 1. The molecule has 1 unspecified atom stereocenters. The molecule has 0 N–H and O–H groups in total. The summed E-state index contributed by atoms with van der Waals surface area (Å²) in [5.74, 6) is 1.51. The first-order valence-corrected chi connectivity index (χ1v) is 11.4. The van der Waals surface area contributed by atoms with Gasteiger partial charge in [0.1, 0.15) is 21.8 Å². The topological polar surface area (TPSA) is 35.4 Å². The van der Waals surface area contributed by atoms with Gasteiger partial charge in [0.2, 0.25) is 0 Å². The van der Waals surface area contributed by atoms with Gasteiger partial charge in [0.05, 0.1) is 0 Å². The molecule has 0 aromatic heterocycles. The predicted octanol–water partition coefficient (Wildman–Crippen LogP) is 6.09. The van der Waals surface area contributed by atoms with E-state index >= 15 is 0 Å². The predicted molar refractivity (Wildman–Crippen MR) is 112 cm³/mol. The lowest BCUT2D eigenvalue weighted by molar-refractivity contribution is 0.152.